The van der Waals surface area contributed by atoms with Gasteiger partial charge in [0.15, 0.2) is 5.78 Å². The highest BCUT2D eigenvalue weighted by atomic mass is 16.5. The normalized spacial score (nSPS) is 10.3. The average Bonchev–Trinajstić information content (AvgIpc) is 2.48. The highest BCUT2D eigenvalue weighted by Crippen LogP contribution is 1.98. The molecule has 0 spiro atoms. The maximum absolute atomic E-state index is 11.2. The zero-order chi connectivity index (χ0) is 9.68. The summed E-state index contributed by atoms with van der Waals surface area (Å²) in [6, 6.07) is 0. The number of carbonyl (C=O) groups is 1. The van der Waals surface area contributed by atoms with Crippen LogP contribution in [0.4, 0.5) is 0 Å². The van der Waals surface area contributed by atoms with E-state index < -0.39 is 0 Å². The molecule has 13 heavy (non-hydrogen) atoms. The van der Waals surface area contributed by atoms with E-state index in [0.29, 0.717) is 13.0 Å². The summed E-state index contributed by atoms with van der Waals surface area (Å²) in [6.07, 6.45) is 3.95. The molecule has 72 valence electrons. The Hall–Kier alpha value is -1.16. The average molecular weight is 182 g/mol. The second-order valence-electron chi connectivity index (χ2n) is 2.87. The Kier molecular flexibility index (Phi) is 3.64. The second kappa shape index (κ2) is 4.77. The summed E-state index contributed by atoms with van der Waals surface area (Å²) in [4.78, 5) is 11.2. The van der Waals surface area contributed by atoms with Crippen molar-refractivity contribution in [3.63, 3.8) is 0 Å². The van der Waals surface area contributed by atoms with Gasteiger partial charge < -0.3 is 4.74 Å². The van der Waals surface area contributed by atoms with Gasteiger partial charge in [-0.25, -0.2) is 0 Å². The highest BCUT2D eigenvalue weighted by molar-refractivity contribution is 5.81. The molecule has 4 heteroatoms. The number of Topliss-reactive ketones (excluding diaryl/α,β-unsaturated/α-hetero) is 1. The van der Waals surface area contributed by atoms with E-state index in [1.807, 2.05) is 20.2 Å². The zero-order valence-electron chi connectivity index (χ0n) is 7.99. The van der Waals surface area contributed by atoms with Crippen LogP contribution in [0, 0.1) is 0 Å². The van der Waals surface area contributed by atoms with E-state index in [4.69, 9.17) is 4.74 Å². The van der Waals surface area contributed by atoms with Crippen LogP contribution < -0.4 is 0 Å². The van der Waals surface area contributed by atoms with Crippen LogP contribution in [0.1, 0.15) is 12.5 Å². The Bertz CT molecular complexity index is 281. The van der Waals surface area contributed by atoms with Crippen LogP contribution in [-0.4, -0.2) is 28.8 Å². The number of hydrogen-bond donors (Lipinski definition) is 0. The third-order valence-corrected chi connectivity index (χ3v) is 1.63. The quantitative estimate of drug-likeness (QED) is 0.668. The van der Waals surface area contributed by atoms with Gasteiger partial charge in [-0.2, -0.15) is 5.10 Å². The van der Waals surface area contributed by atoms with Crippen molar-refractivity contribution in [2.45, 2.75) is 13.3 Å². The van der Waals surface area contributed by atoms with E-state index in [2.05, 4.69) is 5.10 Å². The minimum atomic E-state index is 0.0925. The van der Waals surface area contributed by atoms with Crippen molar-refractivity contribution in [3.05, 3.63) is 18.0 Å². The molecule has 0 fully saturated rings. The molecular weight excluding hydrogens is 168 g/mol. The topological polar surface area (TPSA) is 44.1 Å². The summed E-state index contributed by atoms with van der Waals surface area (Å²) in [5.74, 6) is 0.0925. The van der Waals surface area contributed by atoms with E-state index in [1.54, 1.807) is 10.9 Å². The van der Waals surface area contributed by atoms with Gasteiger partial charge >= 0.3 is 0 Å². The molecule has 0 aliphatic heterocycles. The van der Waals surface area contributed by atoms with Crippen molar-refractivity contribution in [3.8, 4) is 0 Å². The summed E-state index contributed by atoms with van der Waals surface area (Å²) in [7, 11) is 1.83. The number of rotatable bonds is 5. The fourth-order valence-corrected chi connectivity index (χ4v) is 1.06. The number of nitrogens with zero attached hydrogens (tertiary/aromatic N) is 2. The lowest BCUT2D eigenvalue weighted by molar-refractivity contribution is -0.122. The number of hydrogen-bond acceptors (Lipinski definition) is 3. The van der Waals surface area contributed by atoms with Crippen LogP contribution in [0.2, 0.25) is 0 Å². The van der Waals surface area contributed by atoms with Crippen molar-refractivity contribution >= 4 is 5.78 Å². The minimum absolute atomic E-state index is 0.0925. The van der Waals surface area contributed by atoms with Crippen molar-refractivity contribution in [2.75, 3.05) is 13.2 Å². The Morgan fingerprint density at radius 3 is 3.00 bits per heavy atom. The maximum atomic E-state index is 11.2. The molecule has 0 N–H and O–H groups in total. The van der Waals surface area contributed by atoms with E-state index in [1.165, 1.54) is 0 Å². The number of ether oxygens (including phenoxy) is 1. The minimum Gasteiger partial charge on any atom is -0.374 e. The molecule has 0 unspecified atom stereocenters. The summed E-state index contributed by atoms with van der Waals surface area (Å²) < 4.78 is 6.68. The van der Waals surface area contributed by atoms with Gasteiger partial charge in [0.2, 0.25) is 0 Å². The molecular formula is C9H14N2O2. The largest absolute Gasteiger partial charge is 0.374 e. The molecule has 4 nitrogen and oxygen atoms in total. The Morgan fingerprint density at radius 1 is 1.69 bits per heavy atom. The monoisotopic (exact) mass is 182 g/mol. The van der Waals surface area contributed by atoms with Crippen molar-refractivity contribution in [1.29, 1.82) is 0 Å². The van der Waals surface area contributed by atoms with Crippen LogP contribution in [0.3, 0.4) is 0 Å². The van der Waals surface area contributed by atoms with E-state index >= 15 is 0 Å². The molecule has 0 bridgehead atoms. The van der Waals surface area contributed by atoms with E-state index in [0.717, 1.165) is 5.56 Å². The first-order valence-electron chi connectivity index (χ1n) is 4.29. The van der Waals surface area contributed by atoms with Gasteiger partial charge in [-0.1, -0.05) is 0 Å². The molecule has 0 aliphatic rings. The first kappa shape index (κ1) is 9.92. The third kappa shape index (κ3) is 3.38. The number of aryl methyl sites for hydroxylation is 1. The molecule has 1 heterocycles. The molecule has 0 aliphatic carbocycles. The number of carbonyl (C=O) groups excluding carboxylic acids is 1. The van der Waals surface area contributed by atoms with Crippen molar-refractivity contribution in [2.24, 2.45) is 7.05 Å². The molecule has 0 saturated heterocycles. The molecule has 0 aromatic carbocycles. The van der Waals surface area contributed by atoms with Crippen LogP contribution >= 0.6 is 0 Å². The van der Waals surface area contributed by atoms with Crippen molar-refractivity contribution in [1.82, 2.24) is 9.78 Å². The SMILES string of the molecule is CCOCC(=O)Cc1cnn(C)c1. The van der Waals surface area contributed by atoms with Gasteiger partial charge in [0.25, 0.3) is 0 Å². The van der Waals surface area contributed by atoms with Crippen molar-refractivity contribution < 1.29 is 9.53 Å². The molecule has 0 saturated carbocycles. The zero-order valence-corrected chi connectivity index (χ0v) is 7.99. The lowest BCUT2D eigenvalue weighted by atomic mass is 10.2. The summed E-state index contributed by atoms with van der Waals surface area (Å²) >= 11 is 0. The summed E-state index contributed by atoms with van der Waals surface area (Å²) in [5.41, 5.74) is 0.937. The summed E-state index contributed by atoms with van der Waals surface area (Å²) in [6.45, 7) is 2.65. The molecule has 1 aromatic heterocycles. The molecule has 0 radical (unpaired) electrons. The van der Waals surface area contributed by atoms with E-state index in [9.17, 15) is 4.79 Å². The van der Waals surface area contributed by atoms with Crippen LogP contribution in [0.15, 0.2) is 12.4 Å². The van der Waals surface area contributed by atoms with Gasteiger partial charge in [0.05, 0.1) is 6.20 Å². The first-order valence-corrected chi connectivity index (χ1v) is 4.29. The standard InChI is InChI=1S/C9H14N2O2/c1-3-13-7-9(12)4-8-5-10-11(2)6-8/h5-6H,3-4,7H2,1-2H3. The number of ketones is 1. The molecule has 1 rings (SSSR count). The smallest absolute Gasteiger partial charge is 0.162 e. The predicted molar refractivity (Wildman–Crippen MR) is 48.4 cm³/mol. The van der Waals surface area contributed by atoms with Gasteiger partial charge in [-0.3, -0.25) is 9.48 Å². The van der Waals surface area contributed by atoms with Crippen LogP contribution in [0.5, 0.6) is 0 Å². The fraction of sp³-hybridized carbons (Fsp3) is 0.556. The Balaban J connectivity index is 2.36. The predicted octanol–water partition coefficient (Wildman–Crippen LogP) is 0.568. The summed E-state index contributed by atoms with van der Waals surface area (Å²) in [5, 5.41) is 3.97. The lowest BCUT2D eigenvalue weighted by Crippen LogP contribution is -2.10. The van der Waals surface area contributed by atoms with Crippen LogP contribution in [0.25, 0.3) is 0 Å². The highest BCUT2D eigenvalue weighted by Gasteiger charge is 2.04. The molecule has 1 aromatic rings. The van der Waals surface area contributed by atoms with E-state index in [-0.39, 0.29) is 12.4 Å². The third-order valence-electron chi connectivity index (χ3n) is 1.63. The Morgan fingerprint density at radius 2 is 2.46 bits per heavy atom. The maximum Gasteiger partial charge on any atom is 0.162 e. The molecule has 0 atom stereocenters. The van der Waals surface area contributed by atoms with Gasteiger partial charge in [0.1, 0.15) is 6.61 Å². The second-order valence-corrected chi connectivity index (χ2v) is 2.87. The Labute approximate surface area is 77.5 Å². The molecule has 0 amide bonds. The van der Waals surface area contributed by atoms with Gasteiger partial charge in [0, 0.05) is 26.3 Å². The number of aromatic nitrogens is 2. The van der Waals surface area contributed by atoms with Crippen LogP contribution in [-0.2, 0) is 23.0 Å². The fourth-order valence-electron chi connectivity index (χ4n) is 1.06. The lowest BCUT2D eigenvalue weighted by Gasteiger charge is -1.98. The first-order chi connectivity index (χ1) is 6.22. The van der Waals surface area contributed by atoms with Gasteiger partial charge in [-0.15, -0.1) is 0 Å². The van der Waals surface area contributed by atoms with Gasteiger partial charge in [-0.05, 0) is 12.5 Å².